The average Bonchev–Trinajstić information content (AvgIpc) is 3.42. The maximum absolute atomic E-state index is 12.9. The van der Waals surface area contributed by atoms with Crippen molar-refractivity contribution in [1.82, 2.24) is 20.1 Å². The lowest BCUT2D eigenvalue weighted by Gasteiger charge is -2.23. The second-order valence-electron chi connectivity index (χ2n) is 10.3. The molecular weight excluding hydrogens is 536 g/mol. The highest BCUT2D eigenvalue weighted by molar-refractivity contribution is 5.82. The second kappa shape index (κ2) is 11.6. The fraction of sp³-hybridized carbons (Fsp3) is 0.393. The predicted octanol–water partition coefficient (Wildman–Crippen LogP) is 0.657. The van der Waals surface area contributed by atoms with E-state index in [4.69, 9.17) is 14.2 Å². The normalized spacial score (nSPS) is 22.2. The Kier molecular flexibility index (Phi) is 8.01. The van der Waals surface area contributed by atoms with Crippen LogP contribution >= 0.6 is 0 Å². The molecule has 2 unspecified atom stereocenters. The highest BCUT2D eigenvalue weighted by atomic mass is 16.6. The maximum atomic E-state index is 12.9. The predicted molar refractivity (Wildman–Crippen MR) is 143 cm³/mol. The molecular formula is C28H30N4O9. The van der Waals surface area contributed by atoms with Gasteiger partial charge in [0.05, 0.1) is 0 Å². The highest BCUT2D eigenvalue weighted by Crippen LogP contribution is 2.44. The first kappa shape index (κ1) is 28.2. The summed E-state index contributed by atoms with van der Waals surface area (Å²) in [5.41, 5.74) is 2.59. The fourth-order valence-corrected chi connectivity index (χ4v) is 5.13. The van der Waals surface area contributed by atoms with E-state index >= 15 is 0 Å². The largest absolute Gasteiger partial charge is 0.461 e. The van der Waals surface area contributed by atoms with E-state index in [-0.39, 0.29) is 18.4 Å². The summed E-state index contributed by atoms with van der Waals surface area (Å²) < 4.78 is 17.0. The quantitative estimate of drug-likeness (QED) is 0.283. The number of esters is 1. The minimum absolute atomic E-state index is 0.0687. The third-order valence-electron chi connectivity index (χ3n) is 7.24. The summed E-state index contributed by atoms with van der Waals surface area (Å²) in [5.74, 6) is -1.33. The number of carbonyl (C=O) groups excluding carboxylic acids is 2. The molecule has 5 rings (SSSR count). The van der Waals surface area contributed by atoms with Crippen molar-refractivity contribution < 1.29 is 34.0 Å². The van der Waals surface area contributed by atoms with Crippen molar-refractivity contribution in [2.24, 2.45) is 5.92 Å². The first-order chi connectivity index (χ1) is 19.7. The number of hydrogen-bond acceptors (Lipinski definition) is 10. The van der Waals surface area contributed by atoms with Gasteiger partial charge in [-0.15, -0.1) is 0 Å². The molecule has 1 saturated heterocycles. The van der Waals surface area contributed by atoms with Crippen LogP contribution < -0.4 is 16.6 Å². The summed E-state index contributed by atoms with van der Waals surface area (Å²) in [5, 5.41) is 26.9. The first-order valence-corrected chi connectivity index (χ1v) is 13.1. The lowest BCUT2D eigenvalue weighted by molar-refractivity contribution is -0.153. The number of amides is 1. The van der Waals surface area contributed by atoms with Crippen LogP contribution in [0.15, 0.2) is 64.3 Å². The zero-order valence-corrected chi connectivity index (χ0v) is 22.3. The van der Waals surface area contributed by atoms with Crippen molar-refractivity contribution in [3.63, 3.8) is 0 Å². The zero-order valence-electron chi connectivity index (χ0n) is 22.3. The number of aliphatic hydroxyl groups is 2. The van der Waals surface area contributed by atoms with Crippen LogP contribution in [0.5, 0.6) is 0 Å². The number of ether oxygens (including phenoxy) is 3. The van der Waals surface area contributed by atoms with E-state index < -0.39 is 60.5 Å². The monoisotopic (exact) mass is 566 g/mol. The number of hydrogen-bond donors (Lipinski definition) is 4. The van der Waals surface area contributed by atoms with Gasteiger partial charge in [-0.3, -0.25) is 9.78 Å². The van der Waals surface area contributed by atoms with Crippen LogP contribution in [0.4, 0.5) is 4.79 Å². The molecule has 0 saturated carbocycles. The first-order valence-electron chi connectivity index (χ1n) is 13.1. The zero-order chi connectivity index (χ0) is 29.3. The maximum Gasteiger partial charge on any atom is 0.407 e. The van der Waals surface area contributed by atoms with Gasteiger partial charge in [-0.2, -0.15) is 9.78 Å². The molecule has 3 aromatic rings. The number of nitrogens with zero attached hydrogens (tertiary/aromatic N) is 2. The molecule has 13 nitrogen and oxygen atoms in total. The molecule has 0 bridgehead atoms. The molecule has 1 aromatic heterocycles. The van der Waals surface area contributed by atoms with Crippen molar-refractivity contribution >= 4 is 12.1 Å². The molecule has 0 radical (unpaired) electrons. The van der Waals surface area contributed by atoms with Crippen LogP contribution in [0.25, 0.3) is 11.1 Å². The van der Waals surface area contributed by atoms with Crippen LogP contribution in [-0.2, 0) is 19.0 Å². The molecule has 2 heterocycles. The number of benzene rings is 2. The highest BCUT2D eigenvalue weighted by Gasteiger charge is 2.45. The van der Waals surface area contributed by atoms with E-state index in [0.29, 0.717) is 4.68 Å². The molecule has 2 aliphatic rings. The van der Waals surface area contributed by atoms with Gasteiger partial charge in [-0.1, -0.05) is 62.4 Å². The molecule has 216 valence electrons. The Morgan fingerprint density at radius 1 is 1.00 bits per heavy atom. The van der Waals surface area contributed by atoms with E-state index in [1.54, 1.807) is 13.8 Å². The number of aliphatic hydroxyl groups excluding tert-OH is 2. The van der Waals surface area contributed by atoms with Crippen LogP contribution in [0.2, 0.25) is 0 Å². The third kappa shape index (κ3) is 5.64. The van der Waals surface area contributed by atoms with Crippen LogP contribution in [0.3, 0.4) is 0 Å². The fourth-order valence-electron chi connectivity index (χ4n) is 5.13. The van der Waals surface area contributed by atoms with E-state index in [0.717, 1.165) is 28.5 Å². The molecule has 2 aromatic carbocycles. The second-order valence-corrected chi connectivity index (χ2v) is 10.3. The standard InChI is InChI=1S/C28H30N4O9/c1-14(2)22(26(36)39-13-20-23(34)24(35)25(41-20)32-27(37)30-21(33)11-29-32)31-28(38)40-12-19-17-9-5-3-7-15(17)16-8-4-6-10-18(16)19/h3-11,14,19-20,22-25,34-35H,12-13H2,1-2H3,(H,31,38)(H,30,33,37)/t20-,22?,23?,24+,25-/m1/s1. The number of nitrogens with one attached hydrogen (secondary N) is 2. The molecule has 0 spiro atoms. The molecule has 13 heteroatoms. The average molecular weight is 567 g/mol. The van der Waals surface area contributed by atoms with Crippen LogP contribution in [0, 0.1) is 5.92 Å². The van der Waals surface area contributed by atoms with E-state index in [2.05, 4.69) is 10.4 Å². The van der Waals surface area contributed by atoms with Crippen molar-refractivity contribution in [2.45, 2.75) is 50.3 Å². The third-order valence-corrected chi connectivity index (χ3v) is 7.24. The van der Waals surface area contributed by atoms with Crippen LogP contribution in [0.1, 0.15) is 37.1 Å². The van der Waals surface area contributed by atoms with Crippen molar-refractivity contribution in [3.05, 3.63) is 86.7 Å². The molecule has 1 aliphatic carbocycles. The SMILES string of the molecule is CC(C)C(NC(=O)OCC1c2ccccc2-c2ccccc21)C(=O)OC[C@H]1O[C@@H](n2ncc(=O)[nH]c2=O)[C@@H](O)C1O. The summed E-state index contributed by atoms with van der Waals surface area (Å²) in [6.07, 6.45) is -5.71. The van der Waals surface area contributed by atoms with Crippen molar-refractivity contribution in [3.8, 4) is 11.1 Å². The molecule has 5 atom stereocenters. The molecule has 4 N–H and O–H groups in total. The number of alkyl carbamates (subject to hydrolysis) is 1. The molecule has 1 amide bonds. The molecule has 41 heavy (non-hydrogen) atoms. The van der Waals surface area contributed by atoms with Gasteiger partial charge in [-0.25, -0.2) is 14.4 Å². The van der Waals surface area contributed by atoms with Gasteiger partial charge in [0.2, 0.25) is 0 Å². The topological polar surface area (TPSA) is 182 Å². The lowest BCUT2D eigenvalue weighted by Crippen LogP contribution is -2.46. The Morgan fingerprint density at radius 3 is 2.24 bits per heavy atom. The molecule has 1 fully saturated rings. The Labute approximate surface area is 233 Å². The van der Waals surface area contributed by atoms with Gasteiger partial charge in [0.1, 0.15) is 43.8 Å². The summed E-state index contributed by atoms with van der Waals surface area (Å²) in [4.78, 5) is 50.9. The Bertz CT molecular complexity index is 1510. The summed E-state index contributed by atoms with van der Waals surface area (Å²) >= 11 is 0. The van der Waals surface area contributed by atoms with Gasteiger partial charge in [0.25, 0.3) is 5.56 Å². The lowest BCUT2D eigenvalue weighted by atomic mass is 9.98. The van der Waals surface area contributed by atoms with Gasteiger partial charge < -0.3 is 29.7 Å². The molecule has 1 aliphatic heterocycles. The number of H-pyrrole nitrogens is 1. The number of fused-ring (bicyclic) bond motifs is 3. The van der Waals surface area contributed by atoms with Crippen molar-refractivity contribution in [2.75, 3.05) is 13.2 Å². The Morgan fingerprint density at radius 2 is 1.63 bits per heavy atom. The van der Waals surface area contributed by atoms with E-state index in [1.165, 1.54) is 0 Å². The number of aromatic amines is 1. The van der Waals surface area contributed by atoms with Gasteiger partial charge in [-0.05, 0) is 28.2 Å². The minimum Gasteiger partial charge on any atom is -0.461 e. The smallest absolute Gasteiger partial charge is 0.407 e. The number of rotatable bonds is 8. The van der Waals surface area contributed by atoms with E-state index in [1.807, 2.05) is 53.5 Å². The summed E-state index contributed by atoms with van der Waals surface area (Å²) in [7, 11) is 0. The van der Waals surface area contributed by atoms with E-state index in [9.17, 15) is 29.4 Å². The summed E-state index contributed by atoms with van der Waals surface area (Å²) in [6.45, 7) is 3.01. The summed E-state index contributed by atoms with van der Waals surface area (Å²) in [6, 6.07) is 14.8. The van der Waals surface area contributed by atoms with Crippen molar-refractivity contribution in [1.29, 1.82) is 0 Å². The minimum atomic E-state index is -1.59. The number of aromatic nitrogens is 3. The van der Waals surface area contributed by atoms with Gasteiger partial charge in [0, 0.05) is 5.92 Å². The Hall–Kier alpha value is -4.33. The number of carbonyl (C=O) groups is 2. The Balaban J connectivity index is 1.18. The van der Waals surface area contributed by atoms with Crippen LogP contribution in [-0.4, -0.2) is 74.6 Å². The van der Waals surface area contributed by atoms with Gasteiger partial charge in [0.15, 0.2) is 6.23 Å². The van der Waals surface area contributed by atoms with Gasteiger partial charge >= 0.3 is 17.8 Å².